The molecule has 1 fully saturated rings. The number of likely N-dealkylation sites (tertiary alicyclic amines) is 1. The summed E-state index contributed by atoms with van der Waals surface area (Å²) in [6.45, 7) is 3.90. The van der Waals surface area contributed by atoms with Crippen LogP contribution in [0.4, 0.5) is 0 Å². The van der Waals surface area contributed by atoms with Crippen molar-refractivity contribution in [2.24, 2.45) is 5.92 Å². The molecule has 0 aliphatic carbocycles. The summed E-state index contributed by atoms with van der Waals surface area (Å²) < 4.78 is 0. The van der Waals surface area contributed by atoms with E-state index in [0.717, 1.165) is 0 Å². The molecule has 0 unspecified atom stereocenters. The molecule has 0 bridgehead atoms. The number of aliphatic carboxylic acids is 1. The SMILES string of the molecule is Cc1nc(=O)[nH]c(C)c1CC(=O)N1CC(C(=O)O)C1. The van der Waals surface area contributed by atoms with E-state index in [9.17, 15) is 14.4 Å². The van der Waals surface area contributed by atoms with Gasteiger partial charge in [-0.2, -0.15) is 4.98 Å². The fourth-order valence-corrected chi connectivity index (χ4v) is 2.12. The number of nitrogens with zero attached hydrogens (tertiary/aromatic N) is 2. The van der Waals surface area contributed by atoms with Gasteiger partial charge in [-0.1, -0.05) is 0 Å². The first-order valence-corrected chi connectivity index (χ1v) is 5.95. The molecule has 102 valence electrons. The monoisotopic (exact) mass is 265 g/mol. The Balaban J connectivity index is 2.05. The van der Waals surface area contributed by atoms with E-state index in [1.165, 1.54) is 4.90 Å². The summed E-state index contributed by atoms with van der Waals surface area (Å²) in [4.78, 5) is 41.6. The predicted octanol–water partition coefficient (Wildman–Crippen LogP) is -0.528. The van der Waals surface area contributed by atoms with Crippen LogP contribution in [0.3, 0.4) is 0 Å². The third-order valence-electron chi connectivity index (χ3n) is 3.36. The number of carbonyl (C=O) groups excluding carboxylic acids is 1. The molecule has 0 atom stereocenters. The quantitative estimate of drug-likeness (QED) is 0.764. The molecule has 0 saturated carbocycles. The average molecular weight is 265 g/mol. The van der Waals surface area contributed by atoms with Crippen LogP contribution in [0.2, 0.25) is 0 Å². The van der Waals surface area contributed by atoms with Gasteiger partial charge in [-0.05, 0) is 13.8 Å². The first-order chi connectivity index (χ1) is 8.88. The fraction of sp³-hybridized carbons (Fsp3) is 0.500. The molecule has 0 radical (unpaired) electrons. The number of carboxylic acid groups (broad SMARTS) is 1. The summed E-state index contributed by atoms with van der Waals surface area (Å²) in [6, 6.07) is 0. The summed E-state index contributed by atoms with van der Waals surface area (Å²) in [7, 11) is 0. The Morgan fingerprint density at radius 2 is 2.05 bits per heavy atom. The van der Waals surface area contributed by atoms with Crippen LogP contribution >= 0.6 is 0 Å². The Bertz CT molecular complexity index is 561. The van der Waals surface area contributed by atoms with Crippen molar-refractivity contribution in [3.05, 3.63) is 27.4 Å². The maximum atomic E-state index is 12.0. The highest BCUT2D eigenvalue weighted by Gasteiger charge is 2.35. The molecule has 1 saturated heterocycles. The Morgan fingerprint density at radius 1 is 1.42 bits per heavy atom. The van der Waals surface area contributed by atoms with Gasteiger partial charge in [0.05, 0.1) is 12.3 Å². The second-order valence-electron chi connectivity index (χ2n) is 4.74. The highest BCUT2D eigenvalue weighted by atomic mass is 16.4. The zero-order valence-corrected chi connectivity index (χ0v) is 10.8. The van der Waals surface area contributed by atoms with Gasteiger partial charge in [0.15, 0.2) is 0 Å². The maximum absolute atomic E-state index is 12.0. The predicted molar refractivity (Wildman–Crippen MR) is 65.7 cm³/mol. The Hall–Kier alpha value is -2.18. The number of hydrogen-bond acceptors (Lipinski definition) is 4. The van der Waals surface area contributed by atoms with Crippen molar-refractivity contribution in [3.63, 3.8) is 0 Å². The minimum atomic E-state index is -0.873. The van der Waals surface area contributed by atoms with Crippen LogP contribution in [-0.2, 0) is 16.0 Å². The third-order valence-corrected chi connectivity index (χ3v) is 3.36. The molecule has 2 N–H and O–H groups in total. The zero-order valence-electron chi connectivity index (χ0n) is 10.8. The van der Waals surface area contributed by atoms with Gasteiger partial charge in [0, 0.05) is 30.0 Å². The van der Waals surface area contributed by atoms with Gasteiger partial charge >= 0.3 is 11.7 Å². The van der Waals surface area contributed by atoms with Crippen molar-refractivity contribution in [2.45, 2.75) is 20.3 Å². The van der Waals surface area contributed by atoms with E-state index in [4.69, 9.17) is 5.11 Å². The van der Waals surface area contributed by atoms with E-state index in [1.807, 2.05) is 0 Å². The van der Waals surface area contributed by atoms with Gasteiger partial charge in [-0.25, -0.2) is 4.79 Å². The van der Waals surface area contributed by atoms with Crippen molar-refractivity contribution in [1.29, 1.82) is 0 Å². The third kappa shape index (κ3) is 2.64. The molecule has 1 amide bonds. The first kappa shape index (κ1) is 13.3. The molecule has 2 heterocycles. The molecular formula is C12H15N3O4. The fourth-order valence-electron chi connectivity index (χ4n) is 2.12. The summed E-state index contributed by atoms with van der Waals surface area (Å²) >= 11 is 0. The van der Waals surface area contributed by atoms with Crippen molar-refractivity contribution in [2.75, 3.05) is 13.1 Å². The van der Waals surface area contributed by atoms with Crippen molar-refractivity contribution in [1.82, 2.24) is 14.9 Å². The average Bonchev–Trinajstić information content (AvgIpc) is 2.20. The van der Waals surface area contributed by atoms with Gasteiger partial charge in [0.25, 0.3) is 0 Å². The van der Waals surface area contributed by atoms with Gasteiger partial charge in [-0.3, -0.25) is 9.59 Å². The summed E-state index contributed by atoms with van der Waals surface area (Å²) in [5.41, 5.74) is 1.43. The highest BCUT2D eigenvalue weighted by Crippen LogP contribution is 2.18. The lowest BCUT2D eigenvalue weighted by molar-refractivity contribution is -0.152. The molecule has 1 aromatic heterocycles. The largest absolute Gasteiger partial charge is 0.481 e. The lowest BCUT2D eigenvalue weighted by Gasteiger charge is -2.36. The molecule has 0 spiro atoms. The molecular weight excluding hydrogens is 250 g/mol. The number of aromatic amines is 1. The van der Waals surface area contributed by atoms with Crippen LogP contribution in [0.15, 0.2) is 4.79 Å². The maximum Gasteiger partial charge on any atom is 0.345 e. The van der Waals surface area contributed by atoms with E-state index in [0.29, 0.717) is 17.0 Å². The minimum absolute atomic E-state index is 0.133. The van der Waals surface area contributed by atoms with Crippen LogP contribution in [0.1, 0.15) is 17.0 Å². The van der Waals surface area contributed by atoms with Crippen molar-refractivity contribution in [3.8, 4) is 0 Å². The number of rotatable bonds is 3. The van der Waals surface area contributed by atoms with E-state index in [-0.39, 0.29) is 25.4 Å². The van der Waals surface area contributed by atoms with E-state index >= 15 is 0 Å². The number of hydrogen-bond donors (Lipinski definition) is 2. The highest BCUT2D eigenvalue weighted by molar-refractivity contribution is 5.82. The second kappa shape index (κ2) is 4.83. The number of aryl methyl sites for hydroxylation is 2. The number of nitrogens with one attached hydrogen (secondary N) is 1. The normalized spacial score (nSPS) is 15.2. The molecule has 0 aromatic carbocycles. The van der Waals surface area contributed by atoms with Gasteiger partial charge in [-0.15, -0.1) is 0 Å². The van der Waals surface area contributed by atoms with Crippen LogP contribution in [0.25, 0.3) is 0 Å². The Morgan fingerprint density at radius 3 is 2.58 bits per heavy atom. The minimum Gasteiger partial charge on any atom is -0.481 e. The zero-order chi connectivity index (χ0) is 14.2. The molecule has 1 aliphatic rings. The first-order valence-electron chi connectivity index (χ1n) is 5.95. The van der Waals surface area contributed by atoms with Crippen molar-refractivity contribution >= 4 is 11.9 Å². The number of H-pyrrole nitrogens is 1. The Labute approximate surface area is 109 Å². The topological polar surface area (TPSA) is 103 Å². The molecule has 1 aromatic rings. The molecule has 1 aliphatic heterocycles. The number of carbonyl (C=O) groups is 2. The summed E-state index contributed by atoms with van der Waals surface area (Å²) in [6.07, 6.45) is 0.133. The molecule has 7 heteroatoms. The van der Waals surface area contributed by atoms with Crippen LogP contribution in [-0.4, -0.2) is 44.9 Å². The smallest absolute Gasteiger partial charge is 0.345 e. The molecule has 2 rings (SSSR count). The van der Waals surface area contributed by atoms with Crippen LogP contribution in [0.5, 0.6) is 0 Å². The van der Waals surface area contributed by atoms with Gasteiger partial charge < -0.3 is 15.0 Å². The summed E-state index contributed by atoms with van der Waals surface area (Å²) in [5.74, 6) is -1.47. The number of aromatic nitrogens is 2. The van der Waals surface area contributed by atoms with Crippen LogP contribution in [0, 0.1) is 19.8 Å². The van der Waals surface area contributed by atoms with E-state index in [1.54, 1.807) is 13.8 Å². The number of amides is 1. The van der Waals surface area contributed by atoms with E-state index in [2.05, 4.69) is 9.97 Å². The lowest BCUT2D eigenvalue weighted by Crippen LogP contribution is -2.53. The Kier molecular flexibility index (Phi) is 3.37. The molecule has 19 heavy (non-hydrogen) atoms. The van der Waals surface area contributed by atoms with Crippen molar-refractivity contribution < 1.29 is 14.7 Å². The lowest BCUT2D eigenvalue weighted by atomic mass is 9.98. The second-order valence-corrected chi connectivity index (χ2v) is 4.74. The van der Waals surface area contributed by atoms with Gasteiger partial charge in [0.2, 0.25) is 5.91 Å². The van der Waals surface area contributed by atoms with Gasteiger partial charge in [0.1, 0.15) is 0 Å². The number of carboxylic acids is 1. The summed E-state index contributed by atoms with van der Waals surface area (Å²) in [5, 5.41) is 8.75. The molecule has 7 nitrogen and oxygen atoms in total. The van der Waals surface area contributed by atoms with Crippen LogP contribution < -0.4 is 5.69 Å². The standard InChI is InChI=1S/C12H15N3O4/c1-6-9(7(2)14-12(19)13-6)3-10(16)15-4-8(5-15)11(17)18/h8H,3-5H2,1-2H3,(H,17,18)(H,13,14,19). The van der Waals surface area contributed by atoms with E-state index < -0.39 is 17.6 Å².